The second-order valence-corrected chi connectivity index (χ2v) is 4.41. The first-order valence-electron chi connectivity index (χ1n) is 4.75. The Balaban J connectivity index is -0.000000123. The van der Waals surface area contributed by atoms with E-state index in [4.69, 9.17) is 37.5 Å². The highest BCUT2D eigenvalue weighted by Gasteiger charge is 1.99. The molecule has 4 N–H and O–H groups in total. The standard InChI is InChI=1S/C8H8Cl2O.2CH3NOS.2CH4/c1-2-11-8-4-3-6(9)5-7(8)10;2*2-1(3)4;;/h3-5H,2H2,1H3;2*(H3,2,3,4);2*1H4. The second-order valence-electron chi connectivity index (χ2n) is 2.68. The number of amides is 2. The van der Waals surface area contributed by atoms with E-state index >= 15 is 0 Å². The Morgan fingerprint density at radius 2 is 1.52 bits per heavy atom. The highest BCUT2D eigenvalue weighted by atomic mass is 35.5. The minimum atomic E-state index is -0.639. The zero-order chi connectivity index (χ0) is 15.4. The first kappa shape index (κ1) is 28.4. The van der Waals surface area contributed by atoms with Crippen LogP contribution < -0.4 is 16.2 Å². The smallest absolute Gasteiger partial charge is 0.273 e. The van der Waals surface area contributed by atoms with Gasteiger partial charge in [0.25, 0.3) is 10.5 Å². The van der Waals surface area contributed by atoms with E-state index in [9.17, 15) is 0 Å². The lowest BCUT2D eigenvalue weighted by Gasteiger charge is -2.04. The lowest BCUT2D eigenvalue weighted by Crippen LogP contribution is -1.95. The number of halogens is 2. The number of carbonyl (C=O) groups is 2. The summed E-state index contributed by atoms with van der Waals surface area (Å²) < 4.78 is 5.20. The molecule has 9 heteroatoms. The number of hydrogen-bond acceptors (Lipinski definition) is 3. The molecule has 0 fully saturated rings. The van der Waals surface area contributed by atoms with Gasteiger partial charge in [0, 0.05) is 5.02 Å². The van der Waals surface area contributed by atoms with E-state index in [-0.39, 0.29) is 14.9 Å². The van der Waals surface area contributed by atoms with Crippen LogP contribution in [0.3, 0.4) is 0 Å². The van der Waals surface area contributed by atoms with Crippen LogP contribution >= 0.6 is 48.5 Å². The molecule has 5 nitrogen and oxygen atoms in total. The summed E-state index contributed by atoms with van der Waals surface area (Å²) >= 11 is 17.7. The van der Waals surface area contributed by atoms with Gasteiger partial charge in [-0.05, 0) is 25.1 Å². The Kier molecular flexibility index (Phi) is 23.4. The van der Waals surface area contributed by atoms with Crippen molar-refractivity contribution in [2.24, 2.45) is 11.5 Å². The van der Waals surface area contributed by atoms with Crippen molar-refractivity contribution >= 4 is 58.9 Å². The van der Waals surface area contributed by atoms with Crippen LogP contribution in [0.1, 0.15) is 21.8 Å². The first-order valence-corrected chi connectivity index (χ1v) is 6.40. The lowest BCUT2D eigenvalue weighted by atomic mass is 10.3. The van der Waals surface area contributed by atoms with Crippen molar-refractivity contribution in [2.75, 3.05) is 6.61 Å². The van der Waals surface area contributed by atoms with Gasteiger partial charge in [-0.25, -0.2) is 0 Å². The Morgan fingerprint density at radius 3 is 1.81 bits per heavy atom. The Labute approximate surface area is 147 Å². The predicted molar refractivity (Wildman–Crippen MR) is 98.2 cm³/mol. The molecule has 0 radical (unpaired) electrons. The predicted octanol–water partition coefficient (Wildman–Crippen LogP) is 4.65. The van der Waals surface area contributed by atoms with E-state index in [0.29, 0.717) is 22.4 Å². The van der Waals surface area contributed by atoms with Crippen LogP contribution in [0, 0.1) is 0 Å². The number of nitrogens with two attached hydrogens (primary N) is 2. The molecule has 1 aromatic rings. The molecule has 2 amide bonds. The maximum absolute atomic E-state index is 9.09. The lowest BCUT2D eigenvalue weighted by molar-refractivity contribution is 0.266. The molecule has 0 atom stereocenters. The van der Waals surface area contributed by atoms with Crippen LogP contribution in [0.5, 0.6) is 5.75 Å². The van der Waals surface area contributed by atoms with E-state index < -0.39 is 10.5 Å². The van der Waals surface area contributed by atoms with E-state index in [1.807, 2.05) is 6.92 Å². The van der Waals surface area contributed by atoms with Crippen LogP contribution in [0.15, 0.2) is 18.2 Å². The molecule has 0 aliphatic carbocycles. The minimum absolute atomic E-state index is 0. The van der Waals surface area contributed by atoms with Gasteiger partial charge in [-0.15, -0.1) is 0 Å². The zero-order valence-electron chi connectivity index (χ0n) is 9.97. The average Bonchev–Trinajstić information content (AvgIpc) is 2.20. The molecule has 0 bridgehead atoms. The molecule has 124 valence electrons. The molecule has 0 aliphatic rings. The summed E-state index contributed by atoms with van der Waals surface area (Å²) in [6, 6.07) is 5.17. The fourth-order valence-electron chi connectivity index (χ4n) is 0.748. The maximum Gasteiger partial charge on any atom is 0.273 e. The quantitative estimate of drug-likeness (QED) is 0.565. The Morgan fingerprint density at radius 1 is 1.14 bits per heavy atom. The summed E-state index contributed by atoms with van der Waals surface area (Å²) in [5.74, 6) is 0.679. The number of carbonyl (C=O) groups excluding carboxylic acids is 2. The highest BCUT2D eigenvalue weighted by Crippen LogP contribution is 2.27. The minimum Gasteiger partial charge on any atom is -0.492 e. The number of rotatable bonds is 2. The molecule has 21 heavy (non-hydrogen) atoms. The van der Waals surface area contributed by atoms with Gasteiger partial charge in [0.05, 0.1) is 11.6 Å². The van der Waals surface area contributed by atoms with E-state index in [1.165, 1.54) is 0 Å². The summed E-state index contributed by atoms with van der Waals surface area (Å²) in [4.78, 5) is 18.2. The van der Waals surface area contributed by atoms with Gasteiger partial charge in [0.2, 0.25) is 0 Å². The van der Waals surface area contributed by atoms with Crippen LogP contribution in [0.25, 0.3) is 0 Å². The van der Waals surface area contributed by atoms with E-state index in [1.54, 1.807) is 18.2 Å². The largest absolute Gasteiger partial charge is 0.492 e. The number of primary amides is 2. The van der Waals surface area contributed by atoms with Crippen molar-refractivity contribution < 1.29 is 14.3 Å². The van der Waals surface area contributed by atoms with Gasteiger partial charge in [-0.3, -0.25) is 9.59 Å². The van der Waals surface area contributed by atoms with Gasteiger partial charge < -0.3 is 16.2 Å². The number of hydrogen-bond donors (Lipinski definition) is 4. The second kappa shape index (κ2) is 17.3. The van der Waals surface area contributed by atoms with E-state index in [2.05, 4.69) is 36.7 Å². The van der Waals surface area contributed by atoms with Gasteiger partial charge in [0.15, 0.2) is 0 Å². The molecule has 0 spiro atoms. The number of benzene rings is 1. The van der Waals surface area contributed by atoms with E-state index in [0.717, 1.165) is 0 Å². The van der Waals surface area contributed by atoms with Crippen molar-refractivity contribution in [2.45, 2.75) is 21.8 Å². The molecule has 0 aliphatic heterocycles. The highest BCUT2D eigenvalue weighted by molar-refractivity contribution is 7.96. The van der Waals surface area contributed by atoms with Gasteiger partial charge in [0.1, 0.15) is 5.75 Å². The normalized spacial score (nSPS) is 7.48. The average molecular weight is 377 g/mol. The molecular formula is C12H22Cl2N2O3S2. The maximum atomic E-state index is 9.09. The van der Waals surface area contributed by atoms with Crippen LogP contribution in [-0.4, -0.2) is 17.1 Å². The van der Waals surface area contributed by atoms with Crippen molar-refractivity contribution in [3.63, 3.8) is 0 Å². The Bertz CT molecular complexity index is 401. The molecule has 0 unspecified atom stereocenters. The van der Waals surface area contributed by atoms with Crippen molar-refractivity contribution in [1.82, 2.24) is 0 Å². The molecule has 0 saturated heterocycles. The van der Waals surface area contributed by atoms with Crippen LogP contribution in [0.2, 0.25) is 10.0 Å². The Hall–Kier alpha value is -0.760. The number of ether oxygens (including phenoxy) is 1. The third-order valence-electron chi connectivity index (χ3n) is 1.19. The number of thiol groups is 2. The first-order chi connectivity index (χ1) is 8.70. The third kappa shape index (κ3) is 24.6. The molecule has 0 heterocycles. The molecular weight excluding hydrogens is 355 g/mol. The summed E-state index contributed by atoms with van der Waals surface area (Å²) in [5.41, 5.74) is 8.67. The zero-order valence-corrected chi connectivity index (χ0v) is 13.3. The molecule has 1 rings (SSSR count). The van der Waals surface area contributed by atoms with Crippen molar-refractivity contribution in [3.05, 3.63) is 28.2 Å². The molecule has 0 aromatic heterocycles. The van der Waals surface area contributed by atoms with Gasteiger partial charge in [-0.1, -0.05) is 63.3 Å². The summed E-state index contributed by atoms with van der Waals surface area (Å²) in [7, 11) is 0. The summed E-state index contributed by atoms with van der Waals surface area (Å²) in [6.45, 7) is 2.52. The SMILES string of the molecule is C.C.CCOc1ccc(Cl)cc1Cl.NC(=O)S.NC(=O)S. The molecule has 0 saturated carbocycles. The van der Waals surface area contributed by atoms with Gasteiger partial charge >= 0.3 is 0 Å². The molecule has 1 aromatic carbocycles. The monoisotopic (exact) mass is 376 g/mol. The van der Waals surface area contributed by atoms with Crippen LogP contribution in [-0.2, 0) is 0 Å². The fourth-order valence-corrected chi connectivity index (χ4v) is 1.21. The summed E-state index contributed by atoms with van der Waals surface area (Å²) in [5, 5.41) is -0.0993. The fraction of sp³-hybridized carbons (Fsp3) is 0.333. The third-order valence-corrected chi connectivity index (χ3v) is 1.72. The van der Waals surface area contributed by atoms with Crippen LogP contribution in [0.4, 0.5) is 9.59 Å². The summed E-state index contributed by atoms with van der Waals surface area (Å²) in [6.07, 6.45) is 0. The van der Waals surface area contributed by atoms with Crippen molar-refractivity contribution in [3.8, 4) is 5.75 Å². The topological polar surface area (TPSA) is 95.4 Å². The van der Waals surface area contributed by atoms with Gasteiger partial charge in [-0.2, -0.15) is 0 Å². The van der Waals surface area contributed by atoms with Crippen molar-refractivity contribution in [1.29, 1.82) is 0 Å².